The Balaban J connectivity index is 2.21. The third-order valence-corrected chi connectivity index (χ3v) is 4.53. The van der Waals surface area contributed by atoms with Crippen molar-refractivity contribution >= 4 is 50.9 Å². The fourth-order valence-electron chi connectivity index (χ4n) is 2.80. The molecule has 0 bridgehead atoms. The Hall–Kier alpha value is -2.02. The smallest absolute Gasteiger partial charge is 0.252 e. The van der Waals surface area contributed by atoms with E-state index in [1.54, 1.807) is 12.1 Å². The average molecular weight is 351 g/mol. The van der Waals surface area contributed by atoms with Crippen LogP contribution in [0, 0.1) is 0 Å². The van der Waals surface area contributed by atoms with Gasteiger partial charge in [-0.1, -0.05) is 15.9 Å². The van der Waals surface area contributed by atoms with Crippen molar-refractivity contribution < 1.29 is 19.2 Å². The van der Waals surface area contributed by atoms with Crippen LogP contribution >= 0.6 is 15.9 Å². The molecule has 0 N–H and O–H groups in total. The number of amides is 4. The molecule has 1 aromatic carbocycles. The minimum absolute atomic E-state index is 0.121. The summed E-state index contributed by atoms with van der Waals surface area (Å²) < 4.78 is 0. The molecule has 1 atom stereocenters. The van der Waals surface area contributed by atoms with Gasteiger partial charge in [-0.15, -0.1) is 0 Å². The van der Waals surface area contributed by atoms with Crippen LogP contribution in [0.3, 0.4) is 0 Å². The largest absolute Gasteiger partial charge is 0.274 e. The molecule has 0 aromatic heterocycles. The molecule has 4 amide bonds. The van der Waals surface area contributed by atoms with Crippen molar-refractivity contribution in [2.24, 2.45) is 0 Å². The molecule has 0 radical (unpaired) electrons. The Labute approximate surface area is 128 Å². The zero-order chi connectivity index (χ0) is 15.5. The fraction of sp³-hybridized carbons (Fsp3) is 0.286. The van der Waals surface area contributed by atoms with Gasteiger partial charge in [0.15, 0.2) is 0 Å². The number of halogens is 1. The van der Waals surface area contributed by atoms with E-state index in [2.05, 4.69) is 15.9 Å². The lowest BCUT2D eigenvalue weighted by molar-refractivity contribution is -0.126. The Bertz CT molecular complexity index is 728. The third-order valence-electron chi connectivity index (χ3n) is 3.64. The highest BCUT2D eigenvalue weighted by Gasteiger charge is 2.41. The summed E-state index contributed by atoms with van der Waals surface area (Å²) in [7, 11) is 0. The maximum absolute atomic E-state index is 12.1. The molecule has 7 heteroatoms. The first-order valence-corrected chi connectivity index (χ1v) is 7.23. The summed E-state index contributed by atoms with van der Waals surface area (Å²) in [6.07, 6.45) is 0.121. The lowest BCUT2D eigenvalue weighted by Gasteiger charge is -2.17. The van der Waals surface area contributed by atoms with E-state index < -0.39 is 10.7 Å². The number of anilines is 2. The average Bonchev–Trinajstić information content (AvgIpc) is 2.82. The molecule has 1 unspecified atom stereocenters. The zero-order valence-electron chi connectivity index (χ0n) is 11.3. The number of alkyl halides is 1. The van der Waals surface area contributed by atoms with Crippen LogP contribution in [0.15, 0.2) is 12.1 Å². The Kier molecular flexibility index (Phi) is 2.98. The number of hydrogen-bond acceptors (Lipinski definition) is 4. The van der Waals surface area contributed by atoms with Gasteiger partial charge in [0.05, 0.1) is 17.8 Å². The highest BCUT2D eigenvalue weighted by Crippen LogP contribution is 2.45. The fourth-order valence-corrected chi connectivity index (χ4v) is 3.37. The predicted octanol–water partition coefficient (Wildman–Crippen LogP) is 1.45. The summed E-state index contributed by atoms with van der Waals surface area (Å²) >= 11 is 3.27. The molecule has 0 saturated heterocycles. The van der Waals surface area contributed by atoms with Crippen molar-refractivity contribution in [1.29, 1.82) is 0 Å². The summed E-state index contributed by atoms with van der Waals surface area (Å²) in [5.74, 6) is -1.44. The first-order valence-electron chi connectivity index (χ1n) is 6.32. The molecule has 2 aliphatic rings. The normalized spacial score (nSPS) is 19.9. The van der Waals surface area contributed by atoms with Crippen LogP contribution in [0.5, 0.6) is 0 Å². The number of nitrogens with zero attached hydrogens (tertiary/aromatic N) is 2. The van der Waals surface area contributed by atoms with Gasteiger partial charge < -0.3 is 0 Å². The van der Waals surface area contributed by atoms with E-state index in [0.717, 1.165) is 9.80 Å². The number of carbonyl (C=O) groups is 4. The topological polar surface area (TPSA) is 74.8 Å². The molecule has 2 heterocycles. The van der Waals surface area contributed by atoms with E-state index in [1.807, 2.05) is 0 Å². The molecule has 21 heavy (non-hydrogen) atoms. The van der Waals surface area contributed by atoms with E-state index in [4.69, 9.17) is 0 Å². The molecule has 0 spiro atoms. The highest BCUT2D eigenvalue weighted by atomic mass is 79.9. The van der Waals surface area contributed by atoms with Crippen molar-refractivity contribution in [2.45, 2.75) is 25.1 Å². The second-order valence-corrected chi connectivity index (χ2v) is 5.94. The molecule has 2 aliphatic heterocycles. The number of benzene rings is 1. The van der Waals surface area contributed by atoms with Crippen LogP contribution in [-0.2, 0) is 25.6 Å². The second-order valence-electron chi connectivity index (χ2n) is 5.02. The van der Waals surface area contributed by atoms with Gasteiger partial charge in [-0.2, -0.15) is 0 Å². The minimum Gasteiger partial charge on any atom is -0.274 e. The summed E-state index contributed by atoms with van der Waals surface area (Å²) in [6, 6.07) is 3.28. The van der Waals surface area contributed by atoms with Gasteiger partial charge >= 0.3 is 0 Å². The van der Waals surface area contributed by atoms with Crippen molar-refractivity contribution in [3.63, 3.8) is 0 Å². The van der Waals surface area contributed by atoms with E-state index in [9.17, 15) is 19.2 Å². The first-order chi connectivity index (χ1) is 9.82. The molecule has 3 rings (SSSR count). The Morgan fingerprint density at radius 1 is 1.10 bits per heavy atom. The predicted molar refractivity (Wildman–Crippen MR) is 78.1 cm³/mol. The number of carbonyl (C=O) groups excluding carboxylic acids is 4. The Morgan fingerprint density at radius 3 is 2.29 bits per heavy atom. The zero-order valence-corrected chi connectivity index (χ0v) is 12.9. The van der Waals surface area contributed by atoms with E-state index in [0.29, 0.717) is 22.5 Å². The van der Waals surface area contributed by atoms with Gasteiger partial charge in [0.1, 0.15) is 4.83 Å². The summed E-state index contributed by atoms with van der Waals surface area (Å²) in [6.45, 7) is 2.61. The van der Waals surface area contributed by atoms with Gasteiger partial charge in [0.25, 0.3) is 5.91 Å². The number of rotatable bonds is 0. The highest BCUT2D eigenvalue weighted by molar-refractivity contribution is 9.09. The third kappa shape index (κ3) is 1.84. The summed E-state index contributed by atoms with van der Waals surface area (Å²) in [5, 5.41) is 0. The first kappa shape index (κ1) is 13.9. The summed E-state index contributed by atoms with van der Waals surface area (Å²) in [5.41, 5.74) is 2.21. The molecule has 108 valence electrons. The van der Waals surface area contributed by atoms with Crippen LogP contribution in [0.25, 0.3) is 0 Å². The van der Waals surface area contributed by atoms with Gasteiger partial charge in [-0.3, -0.25) is 24.1 Å². The van der Waals surface area contributed by atoms with Crippen LogP contribution in [0.2, 0.25) is 0 Å². The van der Waals surface area contributed by atoms with Gasteiger partial charge in [-0.05, 0) is 23.3 Å². The van der Waals surface area contributed by atoms with Crippen molar-refractivity contribution in [1.82, 2.24) is 0 Å². The van der Waals surface area contributed by atoms with Crippen LogP contribution in [-0.4, -0.2) is 23.6 Å². The SMILES string of the molecule is CC(=O)N1C(=O)Cc2cc3c(cc21)N(C(C)=O)C(=O)C3Br. The van der Waals surface area contributed by atoms with Crippen LogP contribution < -0.4 is 9.80 Å². The van der Waals surface area contributed by atoms with Crippen molar-refractivity contribution in [2.75, 3.05) is 9.80 Å². The minimum atomic E-state index is -0.608. The molecule has 6 nitrogen and oxygen atoms in total. The standard InChI is InChI=1S/C14H11BrN2O4/c1-6(18)16-10-5-11-9(3-8(10)4-12(16)20)13(15)14(21)17(11)7(2)19/h3,5,13H,4H2,1-2H3. The lowest BCUT2D eigenvalue weighted by atomic mass is 10.1. The van der Waals surface area contributed by atoms with Gasteiger partial charge in [0, 0.05) is 13.8 Å². The Morgan fingerprint density at radius 2 is 1.71 bits per heavy atom. The van der Waals surface area contributed by atoms with Crippen LogP contribution in [0.4, 0.5) is 11.4 Å². The maximum Gasteiger partial charge on any atom is 0.252 e. The maximum atomic E-state index is 12.1. The van der Waals surface area contributed by atoms with Crippen molar-refractivity contribution in [3.8, 4) is 0 Å². The lowest BCUT2D eigenvalue weighted by Crippen LogP contribution is -2.33. The van der Waals surface area contributed by atoms with E-state index >= 15 is 0 Å². The number of fused-ring (bicyclic) bond motifs is 2. The second kappa shape index (κ2) is 4.49. The van der Waals surface area contributed by atoms with Gasteiger partial charge in [-0.25, -0.2) is 4.90 Å². The summed E-state index contributed by atoms with van der Waals surface area (Å²) in [4.78, 5) is 48.9. The van der Waals surface area contributed by atoms with Crippen LogP contribution in [0.1, 0.15) is 29.8 Å². The molecular weight excluding hydrogens is 340 g/mol. The molecule has 0 fully saturated rings. The van der Waals surface area contributed by atoms with Gasteiger partial charge in [0.2, 0.25) is 17.7 Å². The monoisotopic (exact) mass is 350 g/mol. The molecule has 0 aliphatic carbocycles. The van der Waals surface area contributed by atoms with E-state index in [1.165, 1.54) is 13.8 Å². The molecular formula is C14H11BrN2O4. The van der Waals surface area contributed by atoms with E-state index in [-0.39, 0.29) is 24.1 Å². The quantitative estimate of drug-likeness (QED) is 0.663. The van der Waals surface area contributed by atoms with Crippen molar-refractivity contribution in [3.05, 3.63) is 23.3 Å². The number of hydrogen-bond donors (Lipinski definition) is 0. The number of imide groups is 2. The molecule has 0 saturated carbocycles. The molecule has 1 aromatic rings.